The number of carbonyl (C=O) groups excluding carboxylic acids is 2. The van der Waals surface area contributed by atoms with Gasteiger partial charge in [0.2, 0.25) is 5.78 Å². The molecule has 0 spiro atoms. The fourth-order valence-electron chi connectivity index (χ4n) is 8.36. The maximum absolute atomic E-state index is 15.2. The predicted octanol–water partition coefficient (Wildman–Crippen LogP) is 7.32. The van der Waals surface area contributed by atoms with Gasteiger partial charge in [-0.2, -0.15) is 0 Å². The van der Waals surface area contributed by atoms with Crippen molar-refractivity contribution in [1.82, 2.24) is 10.1 Å². The lowest BCUT2D eigenvalue weighted by molar-refractivity contribution is -0.0273. The number of allylic oxidation sites excluding steroid dienone is 1. The molecule has 0 bridgehead atoms. The molecule has 1 unspecified atom stereocenters. The number of ketones is 2. The normalized spacial score (nSPS) is 26.1. The Morgan fingerprint density at radius 2 is 1.78 bits per heavy atom. The summed E-state index contributed by atoms with van der Waals surface area (Å²) in [5.41, 5.74) is 9.07. The van der Waals surface area contributed by atoms with Crippen LogP contribution in [0.3, 0.4) is 0 Å². The van der Waals surface area contributed by atoms with Crippen molar-refractivity contribution in [3.63, 3.8) is 0 Å². The summed E-state index contributed by atoms with van der Waals surface area (Å²) in [5.74, 6) is -1.47. The van der Waals surface area contributed by atoms with E-state index in [1.165, 1.54) is 0 Å². The lowest BCUT2D eigenvalue weighted by Gasteiger charge is -2.54. The monoisotopic (exact) mass is 722 g/mol. The van der Waals surface area contributed by atoms with Gasteiger partial charge < -0.3 is 39.1 Å². The van der Waals surface area contributed by atoms with Crippen molar-refractivity contribution in [3.8, 4) is 11.6 Å². The lowest BCUT2D eigenvalue weighted by Crippen LogP contribution is -2.64. The van der Waals surface area contributed by atoms with Crippen LogP contribution in [0, 0.1) is 11.8 Å². The molecular weight excluding hydrogens is 665 g/mol. The Kier molecular flexibility index (Phi) is 10.1. The number of nitrogens with zero attached hydrogens (tertiary/aromatic N) is 3. The molecule has 2 heterocycles. The van der Waals surface area contributed by atoms with Crippen LogP contribution in [0.15, 0.2) is 21.9 Å². The van der Waals surface area contributed by atoms with Crippen molar-refractivity contribution in [3.05, 3.63) is 45.4 Å². The third kappa shape index (κ3) is 5.94. The van der Waals surface area contributed by atoms with Crippen molar-refractivity contribution in [2.75, 3.05) is 45.8 Å². The first-order chi connectivity index (χ1) is 24.0. The molecule has 0 saturated carbocycles. The molecule has 1 aromatic carbocycles. The molecule has 2 aromatic rings. The van der Waals surface area contributed by atoms with Gasteiger partial charge in [-0.1, -0.05) is 47.5 Å². The molecular formula is C39H58N4O7Si. The number of Topliss-reactive ketones (excluding diaryl/α,β-unsaturated/α-hetero) is 2. The molecule has 280 valence electrons. The van der Waals surface area contributed by atoms with E-state index in [1.807, 2.05) is 26.1 Å². The number of hydrogen-bond acceptors (Lipinski definition) is 11. The number of aliphatic hydroxyl groups excluding tert-OH is 1. The SMILES string of the molecule is CCCCOc1cc2c(c3c1C(=O)C1=C(O)[C@]4(O[Si](C)(C)C(C)(C)C)C(=O)c5c(OCCCC)noc5[C@@H](N)[C@@H]4C[C@@H]1C3)N(C)CCC2N(C)C. The summed E-state index contributed by atoms with van der Waals surface area (Å²) in [7, 11) is 3.44. The molecule has 1 aliphatic heterocycles. The van der Waals surface area contributed by atoms with Gasteiger partial charge in [0, 0.05) is 36.8 Å². The molecule has 11 nitrogen and oxygen atoms in total. The average molecular weight is 723 g/mol. The van der Waals surface area contributed by atoms with Crippen LogP contribution in [0.25, 0.3) is 0 Å². The van der Waals surface area contributed by atoms with Crippen LogP contribution < -0.4 is 20.1 Å². The molecule has 4 aliphatic rings. The van der Waals surface area contributed by atoms with Crippen molar-refractivity contribution >= 4 is 25.6 Å². The van der Waals surface area contributed by atoms with E-state index in [9.17, 15) is 5.11 Å². The second-order valence-electron chi connectivity index (χ2n) is 16.8. The highest BCUT2D eigenvalue weighted by Gasteiger charge is 2.66. The summed E-state index contributed by atoms with van der Waals surface area (Å²) in [5, 5.41) is 16.6. The summed E-state index contributed by atoms with van der Waals surface area (Å²) in [6.45, 7) is 16.2. The van der Waals surface area contributed by atoms with Crippen molar-refractivity contribution in [2.45, 2.75) is 115 Å². The average Bonchev–Trinajstić information content (AvgIpc) is 3.48. The molecule has 3 aliphatic carbocycles. The molecule has 0 amide bonds. The van der Waals surface area contributed by atoms with E-state index in [0.717, 1.165) is 55.5 Å². The Balaban J connectivity index is 1.58. The number of benzene rings is 1. The molecule has 0 fully saturated rings. The molecule has 5 atom stereocenters. The first-order valence-corrected chi connectivity index (χ1v) is 21.7. The topological polar surface area (TPSA) is 141 Å². The van der Waals surface area contributed by atoms with Crippen LogP contribution >= 0.6 is 0 Å². The number of ether oxygens (including phenoxy) is 2. The van der Waals surface area contributed by atoms with E-state index in [-0.39, 0.29) is 45.4 Å². The zero-order chi connectivity index (χ0) is 37.2. The summed E-state index contributed by atoms with van der Waals surface area (Å²) >= 11 is 0. The summed E-state index contributed by atoms with van der Waals surface area (Å²) < 4.78 is 25.3. The maximum Gasteiger partial charge on any atom is 0.265 e. The van der Waals surface area contributed by atoms with Gasteiger partial charge >= 0.3 is 0 Å². The largest absolute Gasteiger partial charge is 0.508 e. The highest BCUT2D eigenvalue weighted by Crippen LogP contribution is 2.59. The third-order valence-corrected chi connectivity index (χ3v) is 16.6. The number of aliphatic hydroxyl groups is 1. The molecule has 3 N–H and O–H groups in total. The van der Waals surface area contributed by atoms with Crippen LogP contribution in [0.4, 0.5) is 5.69 Å². The molecule has 51 heavy (non-hydrogen) atoms. The van der Waals surface area contributed by atoms with Gasteiger partial charge in [-0.3, -0.25) is 9.59 Å². The summed E-state index contributed by atoms with van der Waals surface area (Å²) in [6, 6.07) is 1.37. The number of unbranched alkanes of at least 4 members (excludes halogenated alkanes) is 2. The van der Waals surface area contributed by atoms with Gasteiger partial charge in [-0.15, -0.1) is 0 Å². The maximum atomic E-state index is 15.2. The fourth-order valence-corrected chi connectivity index (χ4v) is 9.81. The number of nitrogens with two attached hydrogens (primary N) is 1. The van der Waals surface area contributed by atoms with Crippen molar-refractivity contribution in [1.29, 1.82) is 0 Å². The van der Waals surface area contributed by atoms with E-state index in [1.54, 1.807) is 0 Å². The highest BCUT2D eigenvalue weighted by atomic mass is 28.4. The first kappa shape index (κ1) is 37.6. The highest BCUT2D eigenvalue weighted by molar-refractivity contribution is 6.74. The molecule has 0 saturated heterocycles. The van der Waals surface area contributed by atoms with Crippen LogP contribution in [-0.4, -0.2) is 81.5 Å². The summed E-state index contributed by atoms with van der Waals surface area (Å²) in [4.78, 5) is 34.8. The van der Waals surface area contributed by atoms with E-state index in [0.29, 0.717) is 37.4 Å². The number of rotatable bonds is 11. The number of anilines is 1. The van der Waals surface area contributed by atoms with E-state index >= 15 is 9.59 Å². The van der Waals surface area contributed by atoms with E-state index < -0.39 is 37.6 Å². The van der Waals surface area contributed by atoms with Crippen LogP contribution in [0.5, 0.6) is 11.6 Å². The zero-order valence-corrected chi connectivity index (χ0v) is 33.3. The first-order valence-electron chi connectivity index (χ1n) is 18.8. The number of carbonyl (C=O) groups is 2. The minimum Gasteiger partial charge on any atom is -0.508 e. The van der Waals surface area contributed by atoms with E-state index in [4.69, 9.17) is 24.2 Å². The Morgan fingerprint density at radius 1 is 1.12 bits per heavy atom. The number of fused-ring (bicyclic) bond motifs is 6. The molecule has 1 aromatic heterocycles. The second-order valence-corrected chi connectivity index (χ2v) is 21.5. The quantitative estimate of drug-likeness (QED) is 0.178. The van der Waals surface area contributed by atoms with E-state index in [2.05, 4.69) is 63.8 Å². The van der Waals surface area contributed by atoms with Gasteiger partial charge in [0.15, 0.2) is 25.5 Å². The molecule has 12 heteroatoms. The lowest BCUT2D eigenvalue weighted by atomic mass is 9.58. The predicted molar refractivity (Wildman–Crippen MR) is 200 cm³/mol. The fraction of sp³-hybridized carbons (Fsp3) is 0.667. The van der Waals surface area contributed by atoms with Crippen LogP contribution in [0.1, 0.15) is 123 Å². The Bertz CT molecular complexity index is 1730. The van der Waals surface area contributed by atoms with Crippen molar-refractivity contribution < 1.29 is 33.1 Å². The summed E-state index contributed by atoms with van der Waals surface area (Å²) in [6.07, 6.45) is 5.22. The minimum atomic E-state index is -2.81. The number of aromatic nitrogens is 1. The zero-order valence-electron chi connectivity index (χ0n) is 32.3. The number of hydrogen-bond donors (Lipinski definition) is 2. The van der Waals surface area contributed by atoms with Gasteiger partial charge in [-0.25, -0.2) is 0 Å². The van der Waals surface area contributed by atoms with Gasteiger partial charge in [0.05, 0.1) is 24.8 Å². The standard InChI is InChI=1S/C39H58N4O7Si/c1-11-13-17-47-27-21-23-26(42(6)7)15-16-43(8)32(23)24-19-22-20-25-31(40)34-30(37(41-49-34)48-18-14-12-2)36(46)39(25,50-51(9,10)38(3,4)5)35(45)28(22)33(44)29(24)27/h21-22,25-26,31,45H,11-20,40H2,1-10H3/t22-,25-,26?,31-,39-/m0/s1. The minimum absolute atomic E-state index is 0.0486. The third-order valence-electron chi connectivity index (χ3n) is 12.2. The van der Waals surface area contributed by atoms with Crippen molar-refractivity contribution in [2.24, 2.45) is 17.6 Å². The van der Waals surface area contributed by atoms with Crippen LogP contribution in [-0.2, 0) is 10.8 Å². The smallest absolute Gasteiger partial charge is 0.265 e. The van der Waals surface area contributed by atoms with Crippen LogP contribution in [0.2, 0.25) is 18.1 Å². The second kappa shape index (κ2) is 13.7. The molecule has 6 rings (SSSR count). The Hall–Kier alpha value is -3.19. The molecule has 0 radical (unpaired) electrons. The Labute approximate surface area is 304 Å². The van der Waals surface area contributed by atoms with Gasteiger partial charge in [0.25, 0.3) is 5.88 Å². The Morgan fingerprint density at radius 3 is 2.41 bits per heavy atom. The van der Waals surface area contributed by atoms with Gasteiger partial charge in [0.1, 0.15) is 17.1 Å². The van der Waals surface area contributed by atoms with Gasteiger partial charge in [-0.05, 0) is 92.6 Å².